The van der Waals surface area contributed by atoms with E-state index in [0.717, 1.165) is 19.8 Å². The fourth-order valence-electron chi connectivity index (χ4n) is 1.65. The van der Waals surface area contributed by atoms with E-state index < -0.39 is 6.35 Å². The first-order valence-electron chi connectivity index (χ1n) is 6.99. The quantitative estimate of drug-likeness (QED) is 0.538. The van der Waals surface area contributed by atoms with E-state index in [-0.39, 0.29) is 24.3 Å². The van der Waals surface area contributed by atoms with Crippen molar-refractivity contribution in [1.29, 1.82) is 0 Å². The minimum absolute atomic E-state index is 0.150. The van der Waals surface area contributed by atoms with Gasteiger partial charge in [-0.2, -0.15) is 15.0 Å². The molecule has 21 heavy (non-hydrogen) atoms. The predicted octanol–water partition coefficient (Wildman–Crippen LogP) is -0.869. The largest absolute Gasteiger partial charge is 0.461 e. The Balaban J connectivity index is 1.31. The summed E-state index contributed by atoms with van der Waals surface area (Å²) in [5, 5.41) is 1.46. The first-order chi connectivity index (χ1) is 10.4. The average Bonchev–Trinajstić information content (AvgIpc) is 3.39. The first-order valence-corrected chi connectivity index (χ1v) is 6.99. The lowest BCUT2D eigenvalue weighted by atomic mass is 10.5. The van der Waals surface area contributed by atoms with Crippen LogP contribution in [0.5, 0.6) is 0 Å². The van der Waals surface area contributed by atoms with Crippen LogP contribution < -0.4 is 0 Å². The summed E-state index contributed by atoms with van der Waals surface area (Å²) in [6.45, 7) is 3.54. The number of hydrogen-bond acceptors (Lipinski definition) is 9. The van der Waals surface area contributed by atoms with Crippen molar-refractivity contribution in [2.75, 3.05) is 39.6 Å². The highest BCUT2D eigenvalue weighted by atomic mass is 16.7. The van der Waals surface area contributed by atoms with Crippen LogP contribution in [-0.4, -0.2) is 81.7 Å². The third kappa shape index (κ3) is 4.11. The van der Waals surface area contributed by atoms with Gasteiger partial charge in [-0.3, -0.25) is 4.84 Å². The molecule has 4 atom stereocenters. The molecule has 9 nitrogen and oxygen atoms in total. The van der Waals surface area contributed by atoms with Crippen molar-refractivity contribution < 1.29 is 28.5 Å². The van der Waals surface area contributed by atoms with E-state index >= 15 is 0 Å². The summed E-state index contributed by atoms with van der Waals surface area (Å²) in [6, 6.07) is 0.273. The zero-order valence-corrected chi connectivity index (χ0v) is 11.4. The highest BCUT2D eigenvalue weighted by Crippen LogP contribution is 2.17. The number of amidine groups is 1. The van der Waals surface area contributed by atoms with E-state index in [9.17, 15) is 0 Å². The number of nitrogens with zero attached hydrogens (tertiary/aromatic N) is 3. The van der Waals surface area contributed by atoms with Crippen LogP contribution in [0, 0.1) is 0 Å². The highest BCUT2D eigenvalue weighted by molar-refractivity contribution is 5.84. The number of hydrogen-bond donors (Lipinski definition) is 0. The molecule has 0 saturated carbocycles. The fourth-order valence-corrected chi connectivity index (χ4v) is 1.65. The molecule has 0 aromatic carbocycles. The number of aliphatic imine (C=N–C) groups is 2. The molecule has 116 valence electrons. The summed E-state index contributed by atoms with van der Waals surface area (Å²) in [6.07, 6.45) is 1.34. The molecule has 0 aliphatic carbocycles. The molecule has 0 aromatic heterocycles. The van der Waals surface area contributed by atoms with Gasteiger partial charge in [-0.1, -0.05) is 0 Å². The van der Waals surface area contributed by atoms with E-state index in [1.807, 2.05) is 0 Å². The molecule has 0 aromatic rings. The summed E-state index contributed by atoms with van der Waals surface area (Å²) in [5.41, 5.74) is 0. The van der Waals surface area contributed by atoms with Gasteiger partial charge in [0.05, 0.1) is 26.4 Å². The van der Waals surface area contributed by atoms with Crippen molar-refractivity contribution in [2.45, 2.75) is 24.7 Å². The van der Waals surface area contributed by atoms with Crippen LogP contribution in [-0.2, 0) is 28.5 Å². The Kier molecular flexibility index (Phi) is 3.74. The van der Waals surface area contributed by atoms with Gasteiger partial charge in [-0.25, -0.2) is 0 Å². The minimum Gasteiger partial charge on any atom is -0.461 e. The highest BCUT2D eigenvalue weighted by Gasteiger charge is 2.31. The standard InChI is InChI=1S/C12H17N3O6/c1-8(16-1)4-19-11-13-7-15(21-6-10-3-18-10)12(14-11)20-5-9-2-17-9/h7-10,12H,1-6H2. The molecule has 4 aliphatic heterocycles. The smallest absolute Gasteiger partial charge is 0.317 e. The maximum absolute atomic E-state index is 5.67. The summed E-state index contributed by atoms with van der Waals surface area (Å²) >= 11 is 0. The maximum atomic E-state index is 5.67. The van der Waals surface area contributed by atoms with Crippen molar-refractivity contribution >= 4 is 12.4 Å². The lowest BCUT2D eigenvalue weighted by molar-refractivity contribution is -0.203. The van der Waals surface area contributed by atoms with Crippen molar-refractivity contribution in [3.05, 3.63) is 0 Å². The van der Waals surface area contributed by atoms with Crippen LogP contribution in [0.3, 0.4) is 0 Å². The Bertz CT molecular complexity index is 433. The summed E-state index contributed by atoms with van der Waals surface area (Å²) in [4.78, 5) is 13.9. The average molecular weight is 299 g/mol. The number of epoxide rings is 3. The van der Waals surface area contributed by atoms with E-state index in [1.54, 1.807) is 0 Å². The molecule has 0 amide bonds. The second-order valence-corrected chi connectivity index (χ2v) is 5.15. The van der Waals surface area contributed by atoms with Gasteiger partial charge in [0.25, 0.3) is 6.35 Å². The van der Waals surface area contributed by atoms with E-state index in [2.05, 4.69) is 9.98 Å². The van der Waals surface area contributed by atoms with Crippen LogP contribution >= 0.6 is 0 Å². The Morgan fingerprint density at radius 3 is 2.43 bits per heavy atom. The van der Waals surface area contributed by atoms with E-state index in [1.165, 1.54) is 11.4 Å². The van der Waals surface area contributed by atoms with Crippen molar-refractivity contribution in [3.8, 4) is 0 Å². The third-order valence-electron chi connectivity index (χ3n) is 3.17. The SMILES string of the molecule is C1=NC(OCC2CO2)=NC(OCC2CO2)N1OCC1CO1. The second kappa shape index (κ2) is 5.85. The van der Waals surface area contributed by atoms with E-state index in [4.69, 9.17) is 28.5 Å². The van der Waals surface area contributed by atoms with Crippen LogP contribution in [0.4, 0.5) is 0 Å². The van der Waals surface area contributed by atoms with Gasteiger partial charge in [0.1, 0.15) is 37.9 Å². The number of rotatable bonds is 8. The molecule has 4 aliphatic rings. The molecule has 9 heteroatoms. The molecule has 0 spiro atoms. The first kappa shape index (κ1) is 13.4. The molecule has 3 saturated heterocycles. The van der Waals surface area contributed by atoms with Gasteiger partial charge in [0.2, 0.25) is 0 Å². The molecule has 4 rings (SSSR count). The van der Waals surface area contributed by atoms with Crippen LogP contribution in [0.25, 0.3) is 0 Å². The summed E-state index contributed by atoms with van der Waals surface area (Å²) in [7, 11) is 0. The van der Waals surface area contributed by atoms with Gasteiger partial charge in [0, 0.05) is 0 Å². The van der Waals surface area contributed by atoms with Crippen molar-refractivity contribution in [1.82, 2.24) is 5.06 Å². The van der Waals surface area contributed by atoms with Gasteiger partial charge in [-0.15, -0.1) is 0 Å². The molecule has 4 unspecified atom stereocenters. The van der Waals surface area contributed by atoms with Crippen molar-refractivity contribution in [3.63, 3.8) is 0 Å². The third-order valence-corrected chi connectivity index (χ3v) is 3.17. The lowest BCUT2D eigenvalue weighted by Crippen LogP contribution is -2.40. The molecule has 3 fully saturated rings. The monoisotopic (exact) mass is 299 g/mol. The molecular formula is C12H17N3O6. The molecular weight excluding hydrogens is 282 g/mol. The lowest BCUT2D eigenvalue weighted by Gasteiger charge is -2.27. The Labute approximate surface area is 121 Å². The van der Waals surface area contributed by atoms with Gasteiger partial charge in [-0.05, 0) is 0 Å². The number of hydroxylamine groups is 2. The zero-order valence-electron chi connectivity index (χ0n) is 11.4. The normalized spacial score (nSPS) is 36.4. The Morgan fingerprint density at radius 2 is 1.71 bits per heavy atom. The van der Waals surface area contributed by atoms with Crippen LogP contribution in [0.15, 0.2) is 9.98 Å². The van der Waals surface area contributed by atoms with E-state index in [0.29, 0.717) is 19.8 Å². The maximum Gasteiger partial charge on any atom is 0.317 e. The minimum atomic E-state index is -0.624. The van der Waals surface area contributed by atoms with Gasteiger partial charge >= 0.3 is 6.02 Å². The summed E-state index contributed by atoms with van der Waals surface area (Å²) in [5.74, 6) is 0. The van der Waals surface area contributed by atoms with Gasteiger partial charge in [0.15, 0.2) is 0 Å². The number of ether oxygens (including phenoxy) is 5. The molecule has 0 bridgehead atoms. The predicted molar refractivity (Wildman–Crippen MR) is 68.6 cm³/mol. The second-order valence-electron chi connectivity index (χ2n) is 5.15. The van der Waals surface area contributed by atoms with Crippen molar-refractivity contribution in [2.24, 2.45) is 9.98 Å². The Hall–Kier alpha value is -1.26. The molecule has 0 radical (unpaired) electrons. The fraction of sp³-hybridized carbons (Fsp3) is 0.833. The van der Waals surface area contributed by atoms with Gasteiger partial charge < -0.3 is 23.7 Å². The molecule has 0 N–H and O–H groups in total. The topological polar surface area (TPSA) is 93.2 Å². The zero-order chi connectivity index (χ0) is 14.1. The van der Waals surface area contributed by atoms with Crippen LogP contribution in [0.2, 0.25) is 0 Å². The Morgan fingerprint density at radius 1 is 1.05 bits per heavy atom. The summed E-state index contributed by atoms with van der Waals surface area (Å²) < 4.78 is 26.4. The molecule has 4 heterocycles. The van der Waals surface area contributed by atoms with Crippen LogP contribution in [0.1, 0.15) is 0 Å².